The van der Waals surface area contributed by atoms with E-state index in [9.17, 15) is 4.79 Å². The number of rotatable bonds is 2. The number of carbonyl (C=O) groups excluding carboxylic acids is 1. The molecule has 19 heavy (non-hydrogen) atoms. The summed E-state index contributed by atoms with van der Waals surface area (Å²) in [6.45, 7) is 1.98. The van der Waals surface area contributed by atoms with Crippen LogP contribution in [0.15, 0.2) is 49.8 Å². The van der Waals surface area contributed by atoms with E-state index in [1.54, 1.807) is 0 Å². The molecule has 0 atom stereocenters. The van der Waals surface area contributed by atoms with Crippen molar-refractivity contribution >= 4 is 59.4 Å². The second-order valence-electron chi connectivity index (χ2n) is 4.06. The molecule has 0 aliphatic heterocycles. The van der Waals surface area contributed by atoms with Crippen molar-refractivity contribution in [3.8, 4) is 0 Å². The molecule has 5 heteroatoms. The molecule has 0 fully saturated rings. The van der Waals surface area contributed by atoms with E-state index in [-0.39, 0.29) is 5.91 Å². The summed E-state index contributed by atoms with van der Waals surface area (Å²) in [4.78, 5) is 12.2. The van der Waals surface area contributed by atoms with Crippen LogP contribution in [0.3, 0.4) is 0 Å². The normalized spacial score (nSPS) is 10.3. The minimum atomic E-state index is -0.144. The quantitative estimate of drug-likeness (QED) is 0.643. The van der Waals surface area contributed by atoms with Gasteiger partial charge in [0.2, 0.25) is 0 Å². The predicted molar refractivity (Wildman–Crippen MR) is 88.7 cm³/mol. The van der Waals surface area contributed by atoms with Crippen molar-refractivity contribution in [2.45, 2.75) is 6.92 Å². The highest BCUT2D eigenvalue weighted by Gasteiger charge is 2.11. The maximum Gasteiger partial charge on any atom is 0.256 e. The minimum absolute atomic E-state index is 0.144. The molecule has 0 saturated heterocycles. The van der Waals surface area contributed by atoms with Crippen molar-refractivity contribution in [1.82, 2.24) is 0 Å². The summed E-state index contributed by atoms with van der Waals surface area (Å²) >= 11 is 10.2. The van der Waals surface area contributed by atoms with E-state index < -0.39 is 0 Å². The molecule has 1 amide bonds. The first-order chi connectivity index (χ1) is 8.97. The van der Waals surface area contributed by atoms with Gasteiger partial charge in [-0.05, 0) is 74.7 Å². The molecule has 98 valence electrons. The van der Waals surface area contributed by atoms with Crippen LogP contribution in [0, 0.1) is 6.92 Å². The van der Waals surface area contributed by atoms with Crippen LogP contribution in [-0.2, 0) is 0 Å². The highest BCUT2D eigenvalue weighted by molar-refractivity contribution is 9.11. The Morgan fingerprint density at radius 2 is 1.74 bits per heavy atom. The van der Waals surface area contributed by atoms with Gasteiger partial charge >= 0.3 is 0 Å². The fourth-order valence-corrected chi connectivity index (χ4v) is 3.40. The third-order valence-corrected chi connectivity index (χ3v) is 4.35. The fraction of sp³-hybridized carbons (Fsp3) is 0.0714. The van der Waals surface area contributed by atoms with E-state index in [1.807, 2.05) is 43.3 Å². The van der Waals surface area contributed by atoms with E-state index in [0.29, 0.717) is 5.56 Å². The van der Waals surface area contributed by atoms with E-state index >= 15 is 0 Å². The Morgan fingerprint density at radius 1 is 1.00 bits per heavy atom. The molecule has 1 N–H and O–H groups in total. The number of amides is 1. The van der Waals surface area contributed by atoms with Gasteiger partial charge in [-0.25, -0.2) is 0 Å². The standard InChI is InChI=1S/C14H10Br3NO/c1-8-2-4-10(11(16)6-8)14(19)18-13-5-3-9(15)7-12(13)17/h2-7H,1H3,(H,18,19). The van der Waals surface area contributed by atoms with Crippen molar-refractivity contribution in [2.24, 2.45) is 0 Å². The number of hydrogen-bond acceptors (Lipinski definition) is 1. The lowest BCUT2D eigenvalue weighted by molar-refractivity contribution is 0.102. The van der Waals surface area contributed by atoms with Crippen LogP contribution in [0.25, 0.3) is 0 Å². The SMILES string of the molecule is Cc1ccc(C(=O)Nc2ccc(Br)cc2Br)c(Br)c1. The van der Waals surface area contributed by atoms with Crippen molar-refractivity contribution in [3.05, 3.63) is 60.9 Å². The highest BCUT2D eigenvalue weighted by atomic mass is 79.9. The molecule has 2 aromatic carbocycles. The Labute approximate surface area is 137 Å². The topological polar surface area (TPSA) is 29.1 Å². The highest BCUT2D eigenvalue weighted by Crippen LogP contribution is 2.27. The number of hydrogen-bond donors (Lipinski definition) is 1. The predicted octanol–water partition coefficient (Wildman–Crippen LogP) is 5.53. The third kappa shape index (κ3) is 3.68. The minimum Gasteiger partial charge on any atom is -0.321 e. The number of benzene rings is 2. The first-order valence-corrected chi connectivity index (χ1v) is 7.88. The molecular weight excluding hydrogens is 438 g/mol. The summed E-state index contributed by atoms with van der Waals surface area (Å²) in [6, 6.07) is 11.3. The molecule has 2 aromatic rings. The molecular formula is C14H10Br3NO. The molecule has 0 aliphatic rings. The lowest BCUT2D eigenvalue weighted by Gasteiger charge is -2.09. The smallest absolute Gasteiger partial charge is 0.256 e. The van der Waals surface area contributed by atoms with Crippen molar-refractivity contribution in [1.29, 1.82) is 0 Å². The van der Waals surface area contributed by atoms with Crippen molar-refractivity contribution in [3.63, 3.8) is 0 Å². The lowest BCUT2D eigenvalue weighted by atomic mass is 10.1. The zero-order chi connectivity index (χ0) is 14.0. The van der Waals surface area contributed by atoms with Crippen molar-refractivity contribution < 1.29 is 4.79 Å². The van der Waals surface area contributed by atoms with Crippen LogP contribution in [0.4, 0.5) is 5.69 Å². The average Bonchev–Trinajstić information content (AvgIpc) is 2.32. The summed E-state index contributed by atoms with van der Waals surface area (Å²) in [6.07, 6.45) is 0. The summed E-state index contributed by atoms with van der Waals surface area (Å²) in [5, 5.41) is 2.88. The molecule has 0 aliphatic carbocycles. The zero-order valence-electron chi connectivity index (χ0n) is 10.0. The fourth-order valence-electron chi connectivity index (χ4n) is 1.58. The summed E-state index contributed by atoms with van der Waals surface area (Å²) in [5.74, 6) is -0.144. The van der Waals surface area contributed by atoms with E-state index in [2.05, 4.69) is 53.1 Å². The van der Waals surface area contributed by atoms with Crippen LogP contribution in [0.1, 0.15) is 15.9 Å². The van der Waals surface area contributed by atoms with E-state index in [4.69, 9.17) is 0 Å². The van der Waals surface area contributed by atoms with Gasteiger partial charge in [0.05, 0.1) is 11.3 Å². The lowest BCUT2D eigenvalue weighted by Crippen LogP contribution is -2.13. The second-order valence-corrected chi connectivity index (χ2v) is 6.69. The molecule has 2 rings (SSSR count). The van der Waals surface area contributed by atoms with Gasteiger partial charge in [-0.1, -0.05) is 22.0 Å². The molecule has 0 saturated carbocycles. The Kier molecular flexibility index (Phi) is 4.81. The van der Waals surface area contributed by atoms with Gasteiger partial charge in [-0.3, -0.25) is 4.79 Å². The molecule has 0 radical (unpaired) electrons. The zero-order valence-corrected chi connectivity index (χ0v) is 14.8. The van der Waals surface area contributed by atoms with Gasteiger partial charge in [0.1, 0.15) is 0 Å². The Morgan fingerprint density at radius 3 is 2.37 bits per heavy atom. The van der Waals surface area contributed by atoms with Crippen LogP contribution in [0.2, 0.25) is 0 Å². The number of carbonyl (C=O) groups is 1. The summed E-state index contributed by atoms with van der Waals surface area (Å²) < 4.78 is 2.57. The maximum absolute atomic E-state index is 12.2. The summed E-state index contributed by atoms with van der Waals surface area (Å²) in [5.41, 5.74) is 2.45. The van der Waals surface area contributed by atoms with Gasteiger partial charge in [-0.2, -0.15) is 0 Å². The molecule has 2 nitrogen and oxygen atoms in total. The number of nitrogens with one attached hydrogen (secondary N) is 1. The van der Waals surface area contributed by atoms with Gasteiger partial charge in [0, 0.05) is 13.4 Å². The molecule has 0 heterocycles. The average molecular weight is 448 g/mol. The van der Waals surface area contributed by atoms with E-state index in [1.165, 1.54) is 0 Å². The number of anilines is 1. The first-order valence-electron chi connectivity index (χ1n) is 5.50. The molecule has 0 aromatic heterocycles. The largest absolute Gasteiger partial charge is 0.321 e. The van der Waals surface area contributed by atoms with Crippen LogP contribution in [0.5, 0.6) is 0 Å². The Bertz CT molecular complexity index is 641. The monoisotopic (exact) mass is 445 g/mol. The van der Waals surface area contributed by atoms with Crippen LogP contribution < -0.4 is 5.32 Å². The van der Waals surface area contributed by atoms with Crippen molar-refractivity contribution in [2.75, 3.05) is 5.32 Å². The Balaban J connectivity index is 2.25. The van der Waals surface area contributed by atoms with Crippen LogP contribution >= 0.6 is 47.8 Å². The van der Waals surface area contributed by atoms with Gasteiger partial charge in [-0.15, -0.1) is 0 Å². The number of aryl methyl sites for hydroxylation is 1. The maximum atomic E-state index is 12.2. The van der Waals surface area contributed by atoms with Gasteiger partial charge in [0.15, 0.2) is 0 Å². The molecule has 0 bridgehead atoms. The molecule has 0 spiro atoms. The number of halogens is 3. The third-order valence-electron chi connectivity index (χ3n) is 2.55. The van der Waals surface area contributed by atoms with Crippen LogP contribution in [-0.4, -0.2) is 5.91 Å². The van der Waals surface area contributed by atoms with E-state index in [0.717, 1.165) is 24.7 Å². The Hall–Kier alpha value is -0.650. The first kappa shape index (κ1) is 14.8. The van der Waals surface area contributed by atoms with Gasteiger partial charge in [0.25, 0.3) is 5.91 Å². The molecule has 0 unspecified atom stereocenters. The van der Waals surface area contributed by atoms with Gasteiger partial charge < -0.3 is 5.32 Å². The summed E-state index contributed by atoms with van der Waals surface area (Å²) in [7, 11) is 0. The second kappa shape index (κ2) is 6.20.